The van der Waals surface area contributed by atoms with Crippen molar-refractivity contribution < 1.29 is 9.59 Å². The quantitative estimate of drug-likeness (QED) is 0.561. The van der Waals surface area contributed by atoms with E-state index in [2.05, 4.69) is 29.0 Å². The van der Waals surface area contributed by atoms with Crippen LogP contribution in [0.3, 0.4) is 0 Å². The molecule has 1 fully saturated rings. The zero-order chi connectivity index (χ0) is 24.8. The second-order valence-electron chi connectivity index (χ2n) is 9.26. The maximum Gasteiger partial charge on any atom is 0.251 e. The smallest absolute Gasteiger partial charge is 0.251 e. The van der Waals surface area contributed by atoms with Crippen molar-refractivity contribution in [2.75, 3.05) is 31.1 Å². The van der Waals surface area contributed by atoms with E-state index < -0.39 is 6.04 Å². The number of aryl methyl sites for hydroxylation is 1. The van der Waals surface area contributed by atoms with E-state index in [4.69, 9.17) is 4.98 Å². The summed E-state index contributed by atoms with van der Waals surface area (Å²) in [6, 6.07) is 20.4. The highest BCUT2D eigenvalue weighted by atomic mass is 16.2. The molecule has 0 unspecified atom stereocenters. The van der Waals surface area contributed by atoms with Gasteiger partial charge in [0.1, 0.15) is 11.6 Å². The minimum absolute atomic E-state index is 0.0357. The van der Waals surface area contributed by atoms with Crippen molar-refractivity contribution in [3.05, 3.63) is 89.4 Å². The van der Waals surface area contributed by atoms with Crippen LogP contribution in [-0.2, 0) is 4.79 Å². The summed E-state index contributed by atoms with van der Waals surface area (Å²) in [4.78, 5) is 39.5. The number of carbonyl (C=O) groups is 2. The van der Waals surface area contributed by atoms with Gasteiger partial charge in [-0.1, -0.05) is 62.4 Å². The molecule has 0 spiro atoms. The molecule has 0 aliphatic carbocycles. The van der Waals surface area contributed by atoms with E-state index >= 15 is 0 Å². The number of rotatable bonds is 7. The summed E-state index contributed by atoms with van der Waals surface area (Å²) in [6.45, 7) is 8.84. The lowest BCUT2D eigenvalue weighted by Crippen LogP contribution is -2.49. The molecule has 1 saturated heterocycles. The van der Waals surface area contributed by atoms with Crippen molar-refractivity contribution in [2.45, 2.75) is 39.2 Å². The lowest BCUT2D eigenvalue weighted by Gasteiger charge is -2.36. The van der Waals surface area contributed by atoms with E-state index in [0.717, 1.165) is 22.9 Å². The van der Waals surface area contributed by atoms with E-state index in [1.165, 1.54) is 0 Å². The third-order valence-electron chi connectivity index (χ3n) is 6.25. The summed E-state index contributed by atoms with van der Waals surface area (Å²) < 4.78 is 0. The standard InChI is InChI=1S/C28H33N5O2/c1-20(2)27-29-21(3)18-25(31-27)32-14-16-33(17-15-32)26(34)19-24(22-10-6-4-7-11-22)30-28(35)23-12-8-5-9-13-23/h4-13,18,20,24H,14-17,19H2,1-3H3,(H,30,35)/t24-/m0/s1. The van der Waals surface area contributed by atoms with Gasteiger partial charge in [-0.3, -0.25) is 9.59 Å². The predicted octanol–water partition coefficient (Wildman–Crippen LogP) is 4.12. The fourth-order valence-electron chi connectivity index (χ4n) is 4.25. The topological polar surface area (TPSA) is 78.4 Å². The number of nitrogens with one attached hydrogen (secondary N) is 1. The van der Waals surface area contributed by atoms with E-state index in [1.807, 2.05) is 66.4 Å². The van der Waals surface area contributed by atoms with Crippen molar-refractivity contribution in [3.8, 4) is 0 Å². The summed E-state index contributed by atoms with van der Waals surface area (Å²) in [6.07, 6.45) is 0.215. The molecule has 1 aliphatic rings. The Balaban J connectivity index is 1.41. The number of aromatic nitrogens is 2. The molecule has 4 rings (SSSR count). The van der Waals surface area contributed by atoms with Gasteiger partial charge in [0.25, 0.3) is 5.91 Å². The normalized spacial score (nSPS) is 14.6. The Morgan fingerprint density at radius 1 is 0.914 bits per heavy atom. The van der Waals surface area contributed by atoms with Crippen LogP contribution in [0.5, 0.6) is 0 Å². The molecule has 0 bridgehead atoms. The Hall–Kier alpha value is -3.74. The van der Waals surface area contributed by atoms with Gasteiger partial charge in [0.2, 0.25) is 5.91 Å². The second-order valence-corrected chi connectivity index (χ2v) is 9.26. The zero-order valence-electron chi connectivity index (χ0n) is 20.6. The first-order chi connectivity index (χ1) is 16.9. The molecular weight excluding hydrogens is 438 g/mol. The first-order valence-electron chi connectivity index (χ1n) is 12.2. The molecule has 7 nitrogen and oxygen atoms in total. The van der Waals surface area contributed by atoms with Crippen molar-refractivity contribution in [3.63, 3.8) is 0 Å². The van der Waals surface area contributed by atoms with Crippen molar-refractivity contribution in [1.29, 1.82) is 0 Å². The molecule has 0 radical (unpaired) electrons. The molecule has 2 aromatic carbocycles. The summed E-state index contributed by atoms with van der Waals surface area (Å²) in [5, 5.41) is 3.06. The Bertz CT molecular complexity index is 1140. The highest BCUT2D eigenvalue weighted by Crippen LogP contribution is 2.22. The molecule has 35 heavy (non-hydrogen) atoms. The minimum atomic E-state index is -0.396. The Morgan fingerprint density at radius 3 is 2.17 bits per heavy atom. The van der Waals surface area contributed by atoms with E-state index in [1.54, 1.807) is 12.1 Å². The molecule has 1 aliphatic heterocycles. The van der Waals surface area contributed by atoms with Gasteiger partial charge in [-0.2, -0.15) is 0 Å². The van der Waals surface area contributed by atoms with Crippen LogP contribution in [0.1, 0.15) is 59.7 Å². The van der Waals surface area contributed by atoms with Gasteiger partial charge in [-0.15, -0.1) is 0 Å². The van der Waals surface area contributed by atoms with Crippen molar-refractivity contribution in [2.24, 2.45) is 0 Å². The number of piperazine rings is 1. The molecule has 1 N–H and O–H groups in total. The van der Waals surface area contributed by atoms with Crippen LogP contribution in [0.4, 0.5) is 5.82 Å². The number of benzene rings is 2. The molecule has 2 heterocycles. The van der Waals surface area contributed by atoms with Gasteiger partial charge in [-0.25, -0.2) is 9.97 Å². The van der Waals surface area contributed by atoms with Crippen molar-refractivity contribution in [1.82, 2.24) is 20.2 Å². The van der Waals surface area contributed by atoms with Crippen LogP contribution in [0, 0.1) is 6.92 Å². The average Bonchev–Trinajstić information content (AvgIpc) is 2.89. The summed E-state index contributed by atoms with van der Waals surface area (Å²) in [5.74, 6) is 1.88. The van der Waals surface area contributed by atoms with Crippen LogP contribution in [0.25, 0.3) is 0 Å². The fraction of sp³-hybridized carbons (Fsp3) is 0.357. The van der Waals surface area contributed by atoms with Gasteiger partial charge in [0, 0.05) is 49.4 Å². The predicted molar refractivity (Wildman–Crippen MR) is 137 cm³/mol. The largest absolute Gasteiger partial charge is 0.353 e. The monoisotopic (exact) mass is 471 g/mol. The van der Waals surface area contributed by atoms with Crippen LogP contribution in [-0.4, -0.2) is 52.9 Å². The first-order valence-corrected chi connectivity index (χ1v) is 12.2. The lowest BCUT2D eigenvalue weighted by atomic mass is 10.0. The maximum absolute atomic E-state index is 13.3. The Kier molecular flexibility index (Phi) is 7.75. The zero-order valence-corrected chi connectivity index (χ0v) is 20.6. The van der Waals surface area contributed by atoms with Crippen LogP contribution < -0.4 is 10.2 Å². The third-order valence-corrected chi connectivity index (χ3v) is 6.25. The Morgan fingerprint density at radius 2 is 1.54 bits per heavy atom. The number of carbonyl (C=O) groups excluding carboxylic acids is 2. The fourth-order valence-corrected chi connectivity index (χ4v) is 4.25. The summed E-state index contributed by atoms with van der Waals surface area (Å²) >= 11 is 0. The number of amides is 2. The second kappa shape index (κ2) is 11.1. The van der Waals surface area contributed by atoms with Gasteiger partial charge < -0.3 is 15.1 Å². The molecule has 0 saturated carbocycles. The number of anilines is 1. The van der Waals surface area contributed by atoms with Crippen molar-refractivity contribution >= 4 is 17.6 Å². The van der Waals surface area contributed by atoms with Crippen LogP contribution >= 0.6 is 0 Å². The number of hydrogen-bond donors (Lipinski definition) is 1. The van der Waals surface area contributed by atoms with Crippen LogP contribution in [0.2, 0.25) is 0 Å². The molecule has 1 aromatic heterocycles. The van der Waals surface area contributed by atoms with E-state index in [0.29, 0.717) is 31.7 Å². The minimum Gasteiger partial charge on any atom is -0.353 e. The Labute approximate surface area is 207 Å². The molecule has 2 amide bonds. The van der Waals surface area contributed by atoms with E-state index in [-0.39, 0.29) is 24.2 Å². The molecule has 3 aromatic rings. The number of nitrogens with zero attached hydrogens (tertiary/aromatic N) is 4. The van der Waals surface area contributed by atoms with Crippen LogP contribution in [0.15, 0.2) is 66.7 Å². The molecule has 182 valence electrons. The van der Waals surface area contributed by atoms with Gasteiger partial charge in [0.05, 0.1) is 12.5 Å². The van der Waals surface area contributed by atoms with Gasteiger partial charge in [-0.05, 0) is 24.6 Å². The van der Waals surface area contributed by atoms with Gasteiger partial charge in [0.15, 0.2) is 0 Å². The third kappa shape index (κ3) is 6.23. The molecule has 1 atom stereocenters. The highest BCUT2D eigenvalue weighted by Gasteiger charge is 2.26. The lowest BCUT2D eigenvalue weighted by molar-refractivity contribution is -0.132. The number of hydrogen-bond acceptors (Lipinski definition) is 5. The summed E-state index contributed by atoms with van der Waals surface area (Å²) in [7, 11) is 0. The maximum atomic E-state index is 13.3. The molecule has 7 heteroatoms. The first kappa shape index (κ1) is 24.4. The van der Waals surface area contributed by atoms with E-state index in [9.17, 15) is 9.59 Å². The SMILES string of the molecule is Cc1cc(N2CCN(C(=O)C[C@H](NC(=O)c3ccccc3)c3ccccc3)CC2)nc(C(C)C)n1. The molecular formula is C28H33N5O2. The van der Waals surface area contributed by atoms with Gasteiger partial charge >= 0.3 is 0 Å². The summed E-state index contributed by atoms with van der Waals surface area (Å²) in [5.41, 5.74) is 2.45. The highest BCUT2D eigenvalue weighted by molar-refractivity contribution is 5.94. The average molecular weight is 472 g/mol.